The Morgan fingerprint density at radius 2 is 2.08 bits per heavy atom. The summed E-state index contributed by atoms with van der Waals surface area (Å²) >= 11 is 0. The fourth-order valence-corrected chi connectivity index (χ4v) is 3.40. The molecule has 0 atom stereocenters. The fraction of sp³-hybridized carbons (Fsp3) is 0.526. The van der Waals surface area contributed by atoms with Gasteiger partial charge in [0.1, 0.15) is 5.82 Å². The number of rotatable bonds is 5. The largest absolute Gasteiger partial charge is 0.357 e. The van der Waals surface area contributed by atoms with Crippen molar-refractivity contribution in [1.29, 1.82) is 0 Å². The van der Waals surface area contributed by atoms with Crippen molar-refractivity contribution in [2.24, 2.45) is 5.92 Å². The van der Waals surface area contributed by atoms with Gasteiger partial charge < -0.3 is 9.80 Å². The molecule has 2 aromatic heterocycles. The molecule has 0 radical (unpaired) electrons. The molecule has 1 aliphatic rings. The van der Waals surface area contributed by atoms with E-state index in [-0.39, 0.29) is 5.91 Å². The van der Waals surface area contributed by atoms with Gasteiger partial charge in [-0.25, -0.2) is 4.98 Å². The molecule has 6 nitrogen and oxygen atoms in total. The average molecular weight is 341 g/mol. The van der Waals surface area contributed by atoms with E-state index in [4.69, 9.17) is 0 Å². The molecule has 0 bridgehead atoms. The second-order valence-electron chi connectivity index (χ2n) is 6.78. The molecule has 0 aliphatic carbocycles. The van der Waals surface area contributed by atoms with Crippen LogP contribution in [-0.4, -0.2) is 52.2 Å². The summed E-state index contributed by atoms with van der Waals surface area (Å²) in [5, 5.41) is 7.11. The molecule has 0 unspecified atom stereocenters. The number of hydrogen-bond acceptors (Lipinski definition) is 4. The van der Waals surface area contributed by atoms with Crippen LogP contribution in [-0.2, 0) is 0 Å². The van der Waals surface area contributed by atoms with Gasteiger partial charge in [-0.2, -0.15) is 5.10 Å². The molecule has 6 heteroatoms. The minimum atomic E-state index is 0.0384. The molecule has 1 fully saturated rings. The van der Waals surface area contributed by atoms with Crippen molar-refractivity contribution in [1.82, 2.24) is 20.1 Å². The highest BCUT2D eigenvalue weighted by Gasteiger charge is 2.26. The first-order valence-corrected chi connectivity index (χ1v) is 9.07. The summed E-state index contributed by atoms with van der Waals surface area (Å²) in [5.74, 6) is 1.62. The summed E-state index contributed by atoms with van der Waals surface area (Å²) in [6, 6.07) is 6.03. The Morgan fingerprint density at radius 3 is 2.64 bits per heavy atom. The van der Waals surface area contributed by atoms with E-state index in [1.165, 1.54) is 0 Å². The number of nitrogens with zero attached hydrogens (tertiary/aromatic N) is 4. The lowest BCUT2D eigenvalue weighted by Gasteiger charge is -2.35. The van der Waals surface area contributed by atoms with E-state index in [2.05, 4.69) is 26.1 Å². The molecule has 1 amide bonds. The van der Waals surface area contributed by atoms with E-state index in [9.17, 15) is 4.79 Å². The van der Waals surface area contributed by atoms with Crippen molar-refractivity contribution in [2.75, 3.05) is 31.1 Å². The second-order valence-corrected chi connectivity index (χ2v) is 6.78. The maximum Gasteiger partial charge on any atom is 0.274 e. The molecule has 134 valence electrons. The third-order valence-electron chi connectivity index (χ3n) is 5.19. The van der Waals surface area contributed by atoms with Crippen molar-refractivity contribution in [3.05, 3.63) is 41.3 Å². The van der Waals surface area contributed by atoms with Crippen molar-refractivity contribution < 1.29 is 4.79 Å². The number of H-pyrrole nitrogens is 1. The average Bonchev–Trinajstić information content (AvgIpc) is 2.99. The quantitative estimate of drug-likeness (QED) is 0.908. The van der Waals surface area contributed by atoms with Gasteiger partial charge in [-0.05, 0) is 51.7 Å². The summed E-state index contributed by atoms with van der Waals surface area (Å²) in [6.45, 7) is 9.44. The van der Waals surface area contributed by atoms with Gasteiger partial charge >= 0.3 is 0 Å². The number of carbonyl (C=O) groups excluding carboxylic acids is 1. The highest BCUT2D eigenvalue weighted by Crippen LogP contribution is 2.23. The zero-order valence-electron chi connectivity index (χ0n) is 15.3. The molecule has 1 N–H and O–H groups in total. The van der Waals surface area contributed by atoms with Crippen molar-refractivity contribution in [3.8, 4) is 0 Å². The lowest BCUT2D eigenvalue weighted by molar-refractivity contribution is 0.0722. The first-order valence-electron chi connectivity index (χ1n) is 9.07. The van der Waals surface area contributed by atoms with Gasteiger partial charge in [0.15, 0.2) is 5.69 Å². The van der Waals surface area contributed by atoms with Crippen LogP contribution in [0.15, 0.2) is 24.4 Å². The Morgan fingerprint density at radius 1 is 1.32 bits per heavy atom. The fourth-order valence-electron chi connectivity index (χ4n) is 3.40. The first kappa shape index (κ1) is 17.5. The van der Waals surface area contributed by atoms with Crippen LogP contribution in [0, 0.1) is 19.8 Å². The zero-order valence-corrected chi connectivity index (χ0v) is 15.3. The first-order chi connectivity index (χ1) is 12.1. The van der Waals surface area contributed by atoms with Crippen molar-refractivity contribution >= 4 is 11.7 Å². The topological polar surface area (TPSA) is 65.1 Å². The number of aryl methyl sites for hydroxylation is 1. The van der Waals surface area contributed by atoms with Crippen LogP contribution in [0.2, 0.25) is 0 Å². The number of pyridine rings is 1. The van der Waals surface area contributed by atoms with Crippen LogP contribution < -0.4 is 4.90 Å². The SMILES string of the molecule is CCN(CC1CCN(c2ccccn2)CC1)C(=O)c1n[nH]c(C)c1C. The van der Waals surface area contributed by atoms with Crippen LogP contribution in [0.25, 0.3) is 0 Å². The summed E-state index contributed by atoms with van der Waals surface area (Å²) in [7, 11) is 0. The van der Waals surface area contributed by atoms with Gasteiger partial charge in [-0.1, -0.05) is 6.07 Å². The lowest BCUT2D eigenvalue weighted by Crippen LogP contribution is -2.41. The zero-order chi connectivity index (χ0) is 17.8. The molecule has 0 spiro atoms. The van der Waals surface area contributed by atoms with Crippen LogP contribution in [0.5, 0.6) is 0 Å². The number of aromatic nitrogens is 3. The predicted octanol–water partition coefficient (Wildman–Crippen LogP) is 2.80. The molecule has 2 aromatic rings. The molecule has 1 aliphatic heterocycles. The Kier molecular flexibility index (Phi) is 5.36. The minimum Gasteiger partial charge on any atom is -0.357 e. The molecular weight excluding hydrogens is 314 g/mol. The van der Waals surface area contributed by atoms with E-state index in [1.54, 1.807) is 0 Å². The number of anilines is 1. The number of nitrogens with one attached hydrogen (secondary N) is 1. The number of carbonyl (C=O) groups is 1. The molecule has 0 saturated carbocycles. The summed E-state index contributed by atoms with van der Waals surface area (Å²) < 4.78 is 0. The van der Waals surface area contributed by atoms with Gasteiger partial charge in [-0.3, -0.25) is 9.89 Å². The number of aromatic amines is 1. The van der Waals surface area contributed by atoms with Crippen LogP contribution in [0.4, 0.5) is 5.82 Å². The monoisotopic (exact) mass is 341 g/mol. The molecule has 3 rings (SSSR count). The highest BCUT2D eigenvalue weighted by atomic mass is 16.2. The minimum absolute atomic E-state index is 0.0384. The molecule has 25 heavy (non-hydrogen) atoms. The van der Waals surface area contributed by atoms with Crippen molar-refractivity contribution in [2.45, 2.75) is 33.6 Å². The third-order valence-corrected chi connectivity index (χ3v) is 5.19. The van der Waals surface area contributed by atoms with E-state index < -0.39 is 0 Å². The lowest BCUT2D eigenvalue weighted by atomic mass is 9.96. The van der Waals surface area contributed by atoms with E-state index in [0.717, 1.165) is 49.6 Å². The van der Waals surface area contributed by atoms with E-state index in [0.29, 0.717) is 18.2 Å². The Hall–Kier alpha value is -2.37. The van der Waals surface area contributed by atoms with Gasteiger partial charge in [0.05, 0.1) is 0 Å². The molecule has 3 heterocycles. The standard InChI is InChI=1S/C19H27N5O/c1-4-23(19(25)18-14(2)15(3)21-22-18)13-16-8-11-24(12-9-16)17-7-5-6-10-20-17/h5-7,10,16H,4,8-9,11-13H2,1-3H3,(H,21,22). The Labute approximate surface area is 149 Å². The number of hydrogen-bond donors (Lipinski definition) is 1. The summed E-state index contributed by atoms with van der Waals surface area (Å²) in [4.78, 5) is 21.5. The van der Waals surface area contributed by atoms with Gasteiger partial charge in [-0.15, -0.1) is 0 Å². The maximum atomic E-state index is 12.8. The van der Waals surface area contributed by atoms with E-state index in [1.807, 2.05) is 44.0 Å². The Balaban J connectivity index is 1.58. The van der Waals surface area contributed by atoms with Crippen LogP contribution >= 0.6 is 0 Å². The predicted molar refractivity (Wildman–Crippen MR) is 98.8 cm³/mol. The van der Waals surface area contributed by atoms with E-state index >= 15 is 0 Å². The number of amides is 1. The summed E-state index contributed by atoms with van der Waals surface area (Å²) in [5.41, 5.74) is 2.47. The molecule has 0 aromatic carbocycles. The van der Waals surface area contributed by atoms with Gasteiger partial charge in [0.25, 0.3) is 5.91 Å². The third kappa shape index (κ3) is 3.83. The van der Waals surface area contributed by atoms with Gasteiger partial charge in [0, 0.05) is 43.6 Å². The second kappa shape index (κ2) is 7.68. The number of piperidine rings is 1. The van der Waals surface area contributed by atoms with Crippen molar-refractivity contribution in [3.63, 3.8) is 0 Å². The molecular formula is C19H27N5O. The van der Waals surface area contributed by atoms with Crippen LogP contribution in [0.1, 0.15) is 41.5 Å². The highest BCUT2D eigenvalue weighted by molar-refractivity contribution is 5.93. The Bertz CT molecular complexity index is 704. The molecule has 1 saturated heterocycles. The van der Waals surface area contributed by atoms with Gasteiger partial charge in [0.2, 0.25) is 0 Å². The maximum absolute atomic E-state index is 12.8. The normalized spacial score (nSPS) is 15.4. The summed E-state index contributed by atoms with van der Waals surface area (Å²) in [6.07, 6.45) is 4.00. The smallest absolute Gasteiger partial charge is 0.274 e. The van der Waals surface area contributed by atoms with Crippen LogP contribution in [0.3, 0.4) is 0 Å².